The second kappa shape index (κ2) is 11.2. The minimum atomic E-state index is -1.09. The molecule has 1 unspecified atom stereocenters. The van der Waals surface area contributed by atoms with Crippen LogP contribution in [0, 0.1) is 11.3 Å². The lowest BCUT2D eigenvalue weighted by Crippen LogP contribution is -2.39. The van der Waals surface area contributed by atoms with Crippen LogP contribution >= 0.6 is 11.3 Å². The molecule has 0 spiro atoms. The molecule has 2 aromatic carbocycles. The van der Waals surface area contributed by atoms with E-state index in [2.05, 4.69) is 15.6 Å². The van der Waals surface area contributed by atoms with Gasteiger partial charge >= 0.3 is 0 Å². The smallest absolute Gasteiger partial charge is 0.244 e. The number of ether oxygens (including phenoxy) is 1. The van der Waals surface area contributed by atoms with E-state index in [1.54, 1.807) is 7.11 Å². The van der Waals surface area contributed by atoms with Crippen molar-refractivity contribution in [2.45, 2.75) is 37.6 Å². The first-order chi connectivity index (χ1) is 17.0. The number of aromatic nitrogens is 1. The normalized spacial score (nSPS) is 13.7. The SMILES string of the molecule is COCCCC(=O)c1ccc(-c2ccc3nc(C(C#N)C(=O)NCC(=O)NC4CC4)sc3c2)cc1. The number of benzene rings is 2. The molecule has 3 aromatic rings. The molecule has 1 aromatic heterocycles. The van der Waals surface area contributed by atoms with E-state index in [1.165, 1.54) is 11.3 Å². The van der Waals surface area contributed by atoms with Gasteiger partial charge in [0, 0.05) is 31.7 Å². The van der Waals surface area contributed by atoms with Gasteiger partial charge in [0.15, 0.2) is 11.7 Å². The quantitative estimate of drug-likeness (QED) is 0.313. The maximum absolute atomic E-state index is 12.5. The van der Waals surface area contributed by atoms with E-state index in [-0.39, 0.29) is 24.3 Å². The number of rotatable bonds is 11. The number of Topliss-reactive ketones (excluding diaryl/α,β-unsaturated/α-hetero) is 1. The maximum atomic E-state index is 12.5. The number of nitriles is 1. The Morgan fingerprint density at radius 3 is 2.60 bits per heavy atom. The van der Waals surface area contributed by atoms with Gasteiger partial charge in [-0.05, 0) is 42.5 Å². The zero-order valence-electron chi connectivity index (χ0n) is 19.4. The fourth-order valence-electron chi connectivity index (χ4n) is 3.62. The number of hydrogen-bond donors (Lipinski definition) is 2. The van der Waals surface area contributed by atoms with Gasteiger partial charge in [-0.25, -0.2) is 4.98 Å². The molecule has 0 radical (unpaired) electrons. The van der Waals surface area contributed by atoms with Gasteiger partial charge in [0.1, 0.15) is 5.01 Å². The van der Waals surface area contributed by atoms with E-state index < -0.39 is 11.8 Å². The summed E-state index contributed by atoms with van der Waals surface area (Å²) in [6.45, 7) is 0.401. The van der Waals surface area contributed by atoms with Crippen LogP contribution in [0.1, 0.15) is 47.0 Å². The van der Waals surface area contributed by atoms with Gasteiger partial charge in [-0.2, -0.15) is 5.26 Å². The van der Waals surface area contributed by atoms with E-state index in [1.807, 2.05) is 48.5 Å². The van der Waals surface area contributed by atoms with Crippen LogP contribution in [0.15, 0.2) is 42.5 Å². The third-order valence-electron chi connectivity index (χ3n) is 5.70. The molecule has 35 heavy (non-hydrogen) atoms. The molecule has 0 bridgehead atoms. The molecule has 4 rings (SSSR count). The average Bonchev–Trinajstić information content (AvgIpc) is 3.58. The number of carbonyl (C=O) groups is 3. The lowest BCUT2D eigenvalue weighted by atomic mass is 10.0. The van der Waals surface area contributed by atoms with Gasteiger partial charge < -0.3 is 15.4 Å². The summed E-state index contributed by atoms with van der Waals surface area (Å²) >= 11 is 1.28. The largest absolute Gasteiger partial charge is 0.385 e. The average molecular weight is 491 g/mol. The molecule has 1 atom stereocenters. The molecule has 2 amide bonds. The molecule has 0 saturated heterocycles. The lowest BCUT2D eigenvalue weighted by Gasteiger charge is -2.08. The Balaban J connectivity index is 1.44. The van der Waals surface area contributed by atoms with Crippen molar-refractivity contribution in [3.05, 3.63) is 53.0 Å². The number of nitrogens with one attached hydrogen (secondary N) is 2. The molecular weight excluding hydrogens is 464 g/mol. The van der Waals surface area contributed by atoms with Crippen LogP contribution in [-0.4, -0.2) is 48.9 Å². The number of hydrogen-bond acceptors (Lipinski definition) is 7. The van der Waals surface area contributed by atoms with E-state index in [0.29, 0.717) is 35.5 Å². The Labute approximate surface area is 207 Å². The van der Waals surface area contributed by atoms with Crippen molar-refractivity contribution in [2.75, 3.05) is 20.3 Å². The highest BCUT2D eigenvalue weighted by atomic mass is 32.1. The van der Waals surface area contributed by atoms with Gasteiger partial charge in [-0.15, -0.1) is 11.3 Å². The summed E-state index contributed by atoms with van der Waals surface area (Å²) in [6.07, 6.45) is 3.06. The minimum Gasteiger partial charge on any atom is -0.385 e. The van der Waals surface area contributed by atoms with Crippen LogP contribution in [0.5, 0.6) is 0 Å². The topological polar surface area (TPSA) is 121 Å². The monoisotopic (exact) mass is 490 g/mol. The minimum absolute atomic E-state index is 0.0852. The van der Waals surface area contributed by atoms with Crippen LogP contribution in [0.25, 0.3) is 21.3 Å². The molecule has 0 aliphatic heterocycles. The molecular formula is C26H26N4O4S. The first-order valence-electron chi connectivity index (χ1n) is 11.5. The number of carbonyl (C=O) groups excluding carboxylic acids is 3. The van der Waals surface area contributed by atoms with Crippen molar-refractivity contribution >= 4 is 39.2 Å². The number of fused-ring (bicyclic) bond motifs is 1. The van der Waals surface area contributed by atoms with Gasteiger partial charge in [-0.1, -0.05) is 30.3 Å². The number of ketones is 1. The second-order valence-electron chi connectivity index (χ2n) is 8.45. The van der Waals surface area contributed by atoms with Gasteiger partial charge in [-0.3, -0.25) is 14.4 Å². The number of nitrogens with zero attached hydrogens (tertiary/aromatic N) is 2. The van der Waals surface area contributed by atoms with Crippen LogP contribution < -0.4 is 10.6 Å². The number of amides is 2. The van der Waals surface area contributed by atoms with Crippen LogP contribution in [0.3, 0.4) is 0 Å². The van der Waals surface area contributed by atoms with Gasteiger partial charge in [0.05, 0.1) is 22.8 Å². The number of thiazole rings is 1. The van der Waals surface area contributed by atoms with Gasteiger partial charge in [0.2, 0.25) is 11.8 Å². The second-order valence-corrected chi connectivity index (χ2v) is 9.52. The predicted molar refractivity (Wildman–Crippen MR) is 133 cm³/mol. The maximum Gasteiger partial charge on any atom is 0.244 e. The molecule has 1 heterocycles. The Kier molecular flexibility index (Phi) is 7.85. The van der Waals surface area contributed by atoms with Crippen molar-refractivity contribution in [3.8, 4) is 17.2 Å². The summed E-state index contributed by atoms with van der Waals surface area (Å²) in [5.41, 5.74) is 3.25. The molecule has 1 fully saturated rings. The van der Waals surface area contributed by atoms with Crippen LogP contribution in [-0.2, 0) is 14.3 Å². The Morgan fingerprint density at radius 1 is 1.17 bits per heavy atom. The predicted octanol–water partition coefficient (Wildman–Crippen LogP) is 3.57. The van der Waals surface area contributed by atoms with Crippen LogP contribution in [0.2, 0.25) is 0 Å². The van der Waals surface area contributed by atoms with E-state index >= 15 is 0 Å². The van der Waals surface area contributed by atoms with Crippen LogP contribution in [0.4, 0.5) is 0 Å². The summed E-state index contributed by atoms with van der Waals surface area (Å²) in [7, 11) is 1.62. The fraction of sp³-hybridized carbons (Fsp3) is 0.346. The summed E-state index contributed by atoms with van der Waals surface area (Å²) in [5.74, 6) is -1.80. The van der Waals surface area contributed by atoms with Crippen molar-refractivity contribution < 1.29 is 19.1 Å². The molecule has 1 saturated carbocycles. The Morgan fingerprint density at radius 2 is 1.91 bits per heavy atom. The molecule has 180 valence electrons. The van der Waals surface area contributed by atoms with Crippen molar-refractivity contribution in [1.29, 1.82) is 5.26 Å². The third kappa shape index (κ3) is 6.29. The highest BCUT2D eigenvalue weighted by Gasteiger charge is 2.26. The van der Waals surface area contributed by atoms with Crippen molar-refractivity contribution in [3.63, 3.8) is 0 Å². The Bertz CT molecular complexity index is 1270. The molecule has 1 aliphatic carbocycles. The molecule has 9 heteroatoms. The summed E-state index contributed by atoms with van der Waals surface area (Å²) in [5, 5.41) is 15.3. The standard InChI is InChI=1S/C26H26N4O4S/c1-34-12-2-3-22(31)17-6-4-16(5-7-17)18-8-11-21-23(13-18)35-26(30-21)20(14-27)25(33)28-15-24(32)29-19-9-10-19/h4-8,11,13,19-20H,2-3,9-10,12,15H2,1H3,(H,28,33)(H,29,32). The Hall–Kier alpha value is -3.61. The lowest BCUT2D eigenvalue weighted by molar-refractivity contribution is -0.126. The summed E-state index contributed by atoms with van der Waals surface area (Å²) in [6, 6.07) is 15.4. The van der Waals surface area contributed by atoms with Crippen molar-refractivity contribution in [1.82, 2.24) is 15.6 Å². The molecule has 2 N–H and O–H groups in total. The molecule has 1 aliphatic rings. The summed E-state index contributed by atoms with van der Waals surface area (Å²) in [4.78, 5) is 41.1. The highest BCUT2D eigenvalue weighted by Crippen LogP contribution is 2.31. The van der Waals surface area contributed by atoms with Gasteiger partial charge in [0.25, 0.3) is 0 Å². The first-order valence-corrected chi connectivity index (χ1v) is 12.3. The van der Waals surface area contributed by atoms with E-state index in [9.17, 15) is 19.6 Å². The number of methoxy groups -OCH3 is 1. The zero-order valence-corrected chi connectivity index (χ0v) is 20.2. The van der Waals surface area contributed by atoms with E-state index in [0.717, 1.165) is 28.7 Å². The fourth-order valence-corrected chi connectivity index (χ4v) is 4.67. The zero-order chi connectivity index (χ0) is 24.8. The molecule has 8 nitrogen and oxygen atoms in total. The van der Waals surface area contributed by atoms with Crippen molar-refractivity contribution in [2.24, 2.45) is 0 Å². The first kappa shape index (κ1) is 24.5. The summed E-state index contributed by atoms with van der Waals surface area (Å²) < 4.78 is 5.84. The van der Waals surface area contributed by atoms with E-state index in [4.69, 9.17) is 4.74 Å². The highest BCUT2D eigenvalue weighted by molar-refractivity contribution is 7.18. The third-order valence-corrected chi connectivity index (χ3v) is 6.78.